The SMILES string of the molecule is CCCC(=O)[O-].CCCCCCCCCCCCCCCC[N+](C)(C)C. The molecule has 0 saturated heterocycles. The van der Waals surface area contributed by atoms with Crippen LogP contribution in [0, 0.1) is 0 Å². The highest BCUT2D eigenvalue weighted by molar-refractivity contribution is 5.63. The average Bonchev–Trinajstić information content (AvgIpc) is 2.54. The van der Waals surface area contributed by atoms with Gasteiger partial charge in [-0.25, -0.2) is 0 Å². The topological polar surface area (TPSA) is 40.1 Å². The highest BCUT2D eigenvalue weighted by atomic mass is 16.4. The molecule has 0 heterocycles. The molecule has 0 aliphatic heterocycles. The molecule has 3 nitrogen and oxygen atoms in total. The van der Waals surface area contributed by atoms with Crippen LogP contribution in [-0.4, -0.2) is 38.1 Å². The molecule has 0 amide bonds. The summed E-state index contributed by atoms with van der Waals surface area (Å²) in [6.07, 6.45) is 21.2. The number of quaternary nitrogens is 1. The number of hydrogen-bond acceptors (Lipinski definition) is 2. The van der Waals surface area contributed by atoms with Crippen molar-refractivity contribution in [3.8, 4) is 0 Å². The third-order valence-electron chi connectivity index (χ3n) is 4.64. The fourth-order valence-electron chi connectivity index (χ4n) is 2.98. The number of carbonyl (C=O) groups excluding carboxylic acids is 1. The van der Waals surface area contributed by atoms with Gasteiger partial charge in [-0.1, -0.05) is 97.3 Å². The van der Waals surface area contributed by atoms with Crippen LogP contribution in [0.2, 0.25) is 0 Å². The summed E-state index contributed by atoms with van der Waals surface area (Å²) in [5.41, 5.74) is 0. The Bertz CT molecular complexity index is 284. The molecule has 0 saturated carbocycles. The number of rotatable bonds is 17. The number of hydrogen-bond donors (Lipinski definition) is 0. The second-order valence-electron chi connectivity index (χ2n) is 8.73. The molecule has 0 aliphatic rings. The summed E-state index contributed by atoms with van der Waals surface area (Å²) in [5.74, 6) is -0.961. The first-order valence-corrected chi connectivity index (χ1v) is 11.3. The Morgan fingerprint density at radius 2 is 0.962 bits per heavy atom. The standard InChI is InChI=1S/C19H42N.C4H8O2/c1-5-6-7-8-9-10-11-12-13-14-15-16-17-18-19-20(2,3)4;1-2-3-4(5)6/h5-19H2,1-4H3;2-3H2,1H3,(H,5,6)/q+1;/p-1. The van der Waals surface area contributed by atoms with Crippen LogP contribution < -0.4 is 5.11 Å². The van der Waals surface area contributed by atoms with Crippen molar-refractivity contribution in [2.24, 2.45) is 0 Å². The van der Waals surface area contributed by atoms with Gasteiger partial charge < -0.3 is 14.4 Å². The van der Waals surface area contributed by atoms with Crippen molar-refractivity contribution in [3.63, 3.8) is 0 Å². The van der Waals surface area contributed by atoms with E-state index in [0.717, 1.165) is 4.48 Å². The lowest BCUT2D eigenvalue weighted by Crippen LogP contribution is -2.35. The highest BCUT2D eigenvalue weighted by Crippen LogP contribution is 2.13. The Labute approximate surface area is 165 Å². The maximum atomic E-state index is 9.49. The molecular formula is C23H49NO2. The molecule has 0 aromatic carbocycles. The van der Waals surface area contributed by atoms with Crippen molar-refractivity contribution in [1.29, 1.82) is 0 Å². The molecule has 0 radical (unpaired) electrons. The Kier molecular flexibility index (Phi) is 22.1. The molecule has 0 N–H and O–H groups in total. The van der Waals surface area contributed by atoms with Gasteiger partial charge in [0, 0.05) is 5.97 Å². The van der Waals surface area contributed by atoms with Crippen molar-refractivity contribution in [1.82, 2.24) is 0 Å². The lowest BCUT2D eigenvalue weighted by Gasteiger charge is -2.23. The summed E-state index contributed by atoms with van der Waals surface area (Å²) in [5, 5.41) is 9.49. The smallest absolute Gasteiger partial charge is 0.0780 e. The molecule has 0 rings (SSSR count). The third-order valence-corrected chi connectivity index (χ3v) is 4.64. The molecule has 3 heteroatoms. The predicted octanol–water partition coefficient (Wildman–Crippen LogP) is 5.71. The molecule has 0 spiro atoms. The lowest BCUT2D eigenvalue weighted by atomic mass is 10.0. The summed E-state index contributed by atoms with van der Waals surface area (Å²) in [4.78, 5) is 9.49. The number of carboxylic acid groups (broad SMARTS) is 1. The molecule has 158 valence electrons. The first-order valence-electron chi connectivity index (χ1n) is 11.3. The van der Waals surface area contributed by atoms with Crippen molar-refractivity contribution in [2.75, 3.05) is 27.7 Å². The lowest BCUT2D eigenvalue weighted by molar-refractivity contribution is -0.870. The molecule has 0 unspecified atom stereocenters. The van der Waals surface area contributed by atoms with Gasteiger partial charge in [-0.3, -0.25) is 0 Å². The normalized spacial score (nSPS) is 11.1. The molecule has 0 bridgehead atoms. The van der Waals surface area contributed by atoms with Crippen molar-refractivity contribution < 1.29 is 14.4 Å². The second kappa shape index (κ2) is 20.7. The van der Waals surface area contributed by atoms with E-state index in [1.165, 1.54) is 96.4 Å². The number of nitrogens with zero attached hydrogens (tertiary/aromatic N) is 1. The van der Waals surface area contributed by atoms with E-state index in [9.17, 15) is 9.90 Å². The number of carbonyl (C=O) groups is 1. The van der Waals surface area contributed by atoms with Crippen LogP contribution in [0.15, 0.2) is 0 Å². The summed E-state index contributed by atoms with van der Waals surface area (Å²) in [6, 6.07) is 0. The first-order chi connectivity index (χ1) is 12.3. The summed E-state index contributed by atoms with van der Waals surface area (Å²) in [6.45, 7) is 5.43. The van der Waals surface area contributed by atoms with Gasteiger partial charge in [0.25, 0.3) is 0 Å². The monoisotopic (exact) mass is 371 g/mol. The van der Waals surface area contributed by atoms with Gasteiger partial charge >= 0.3 is 0 Å². The maximum absolute atomic E-state index is 9.49. The third kappa shape index (κ3) is 31.2. The maximum Gasteiger partial charge on any atom is 0.0780 e. The molecular weight excluding hydrogens is 322 g/mol. The molecule has 26 heavy (non-hydrogen) atoms. The summed E-state index contributed by atoms with van der Waals surface area (Å²) < 4.78 is 1.12. The zero-order valence-electron chi connectivity index (χ0n) is 18.8. The summed E-state index contributed by atoms with van der Waals surface area (Å²) >= 11 is 0. The largest absolute Gasteiger partial charge is 0.550 e. The predicted molar refractivity (Wildman–Crippen MR) is 113 cm³/mol. The fraction of sp³-hybridized carbons (Fsp3) is 0.957. The minimum Gasteiger partial charge on any atom is -0.550 e. The van der Waals surface area contributed by atoms with E-state index in [1.54, 1.807) is 6.92 Å². The van der Waals surface area contributed by atoms with E-state index in [-0.39, 0.29) is 6.42 Å². The van der Waals surface area contributed by atoms with E-state index in [0.29, 0.717) is 6.42 Å². The van der Waals surface area contributed by atoms with E-state index < -0.39 is 5.97 Å². The van der Waals surface area contributed by atoms with Gasteiger partial charge in [-0.05, 0) is 19.3 Å². The van der Waals surface area contributed by atoms with Crippen LogP contribution in [0.5, 0.6) is 0 Å². The Hall–Kier alpha value is -0.570. The number of carboxylic acids is 1. The summed E-state index contributed by atoms with van der Waals surface area (Å²) in [7, 11) is 6.88. The van der Waals surface area contributed by atoms with Crippen LogP contribution >= 0.6 is 0 Å². The van der Waals surface area contributed by atoms with E-state index in [4.69, 9.17) is 0 Å². The quantitative estimate of drug-likeness (QED) is 0.243. The van der Waals surface area contributed by atoms with Gasteiger partial charge in [0.05, 0.1) is 27.7 Å². The van der Waals surface area contributed by atoms with Gasteiger partial charge in [0.2, 0.25) is 0 Å². The second-order valence-corrected chi connectivity index (χ2v) is 8.73. The Morgan fingerprint density at radius 3 is 1.19 bits per heavy atom. The first kappa shape index (κ1) is 27.6. The minimum atomic E-state index is -0.961. The van der Waals surface area contributed by atoms with Crippen molar-refractivity contribution >= 4 is 5.97 Å². The van der Waals surface area contributed by atoms with Crippen LogP contribution in [0.1, 0.15) is 117 Å². The molecule has 0 atom stereocenters. The molecule has 0 aromatic rings. The van der Waals surface area contributed by atoms with Crippen LogP contribution in [-0.2, 0) is 4.79 Å². The van der Waals surface area contributed by atoms with Gasteiger partial charge in [-0.2, -0.15) is 0 Å². The number of unbranched alkanes of at least 4 members (excludes halogenated alkanes) is 13. The fourth-order valence-corrected chi connectivity index (χ4v) is 2.98. The van der Waals surface area contributed by atoms with Gasteiger partial charge in [-0.15, -0.1) is 0 Å². The minimum absolute atomic E-state index is 0.181. The Balaban J connectivity index is 0. The van der Waals surface area contributed by atoms with Crippen LogP contribution in [0.3, 0.4) is 0 Å². The average molecular weight is 372 g/mol. The molecule has 0 fully saturated rings. The van der Waals surface area contributed by atoms with Crippen LogP contribution in [0.25, 0.3) is 0 Å². The Morgan fingerprint density at radius 1 is 0.615 bits per heavy atom. The highest BCUT2D eigenvalue weighted by Gasteiger charge is 2.04. The zero-order valence-corrected chi connectivity index (χ0v) is 18.8. The number of aliphatic carboxylic acids is 1. The zero-order chi connectivity index (χ0) is 20.1. The van der Waals surface area contributed by atoms with E-state index in [2.05, 4.69) is 28.1 Å². The van der Waals surface area contributed by atoms with E-state index in [1.807, 2.05) is 0 Å². The van der Waals surface area contributed by atoms with Crippen molar-refractivity contribution in [3.05, 3.63) is 0 Å². The van der Waals surface area contributed by atoms with Crippen LogP contribution in [0.4, 0.5) is 0 Å². The van der Waals surface area contributed by atoms with Gasteiger partial charge in [0.1, 0.15) is 0 Å². The van der Waals surface area contributed by atoms with E-state index >= 15 is 0 Å². The molecule has 0 aromatic heterocycles. The van der Waals surface area contributed by atoms with Crippen molar-refractivity contribution in [2.45, 2.75) is 117 Å². The van der Waals surface area contributed by atoms with Gasteiger partial charge in [0.15, 0.2) is 0 Å². The molecule has 0 aliphatic carbocycles.